The van der Waals surface area contributed by atoms with Crippen LogP contribution in [0.2, 0.25) is 5.02 Å². The van der Waals surface area contributed by atoms with Crippen molar-refractivity contribution in [2.45, 2.75) is 39.8 Å². The Balaban J connectivity index is 1.78. The first-order valence-electron chi connectivity index (χ1n) is 11.0. The number of carbonyl (C=O) groups excluding carboxylic acids is 1. The van der Waals surface area contributed by atoms with Crippen LogP contribution in [0.1, 0.15) is 31.9 Å². The minimum atomic E-state index is -1.11. The molecular formula is C25H30ClFN2O5. The van der Waals surface area contributed by atoms with E-state index >= 15 is 0 Å². The van der Waals surface area contributed by atoms with Gasteiger partial charge in [-0.2, -0.15) is 0 Å². The molecule has 2 aromatic carbocycles. The van der Waals surface area contributed by atoms with Crippen LogP contribution >= 0.6 is 11.6 Å². The van der Waals surface area contributed by atoms with E-state index in [1.807, 2.05) is 20.8 Å². The van der Waals surface area contributed by atoms with E-state index in [0.717, 1.165) is 4.90 Å². The number of hydrogen-bond donors (Lipinski definition) is 1. The lowest BCUT2D eigenvalue weighted by molar-refractivity contribution is -0.142. The van der Waals surface area contributed by atoms with E-state index in [2.05, 4.69) is 0 Å². The van der Waals surface area contributed by atoms with Crippen LogP contribution in [0, 0.1) is 11.2 Å². The highest BCUT2D eigenvalue weighted by atomic mass is 35.5. The van der Waals surface area contributed by atoms with Crippen LogP contribution in [0.4, 0.5) is 9.18 Å². The van der Waals surface area contributed by atoms with Crippen molar-refractivity contribution >= 4 is 23.6 Å². The highest BCUT2D eigenvalue weighted by molar-refractivity contribution is 6.31. The Labute approximate surface area is 204 Å². The Morgan fingerprint density at radius 1 is 1.21 bits per heavy atom. The lowest BCUT2D eigenvalue weighted by Gasteiger charge is -2.46. The normalized spacial score (nSPS) is 16.5. The highest BCUT2D eigenvalue weighted by Crippen LogP contribution is 2.30. The van der Waals surface area contributed by atoms with E-state index in [1.165, 1.54) is 12.1 Å². The van der Waals surface area contributed by atoms with Gasteiger partial charge in [0.25, 0.3) is 0 Å². The average Bonchev–Trinajstić information content (AvgIpc) is 2.76. The number of piperazine rings is 1. The summed E-state index contributed by atoms with van der Waals surface area (Å²) in [5, 5.41) is 9.64. The summed E-state index contributed by atoms with van der Waals surface area (Å²) >= 11 is 6.36. The standard InChI is InChI=1S/C25H30ClFN2O5/c1-25(2,3)22-13-28(24(31)32)14-23(30)29(22)10-9-16-11-17(27)12-21(26)20(16)15-34-19-7-5-18(33-4)6-8-19/h5-8,11-12,22H,9-10,13-15H2,1-4H3,(H,31,32). The third-order valence-corrected chi connectivity index (χ3v) is 6.34. The van der Waals surface area contributed by atoms with Crippen LogP contribution in [0.15, 0.2) is 36.4 Å². The molecule has 1 aliphatic rings. The number of benzene rings is 2. The van der Waals surface area contributed by atoms with Crippen LogP contribution < -0.4 is 9.47 Å². The predicted molar refractivity (Wildman–Crippen MR) is 127 cm³/mol. The average molecular weight is 493 g/mol. The van der Waals surface area contributed by atoms with Gasteiger partial charge in [0, 0.05) is 18.7 Å². The maximum atomic E-state index is 14.2. The van der Waals surface area contributed by atoms with E-state index < -0.39 is 11.9 Å². The third-order valence-electron chi connectivity index (χ3n) is 6.00. The summed E-state index contributed by atoms with van der Waals surface area (Å²) in [6.07, 6.45) is -0.762. The molecule has 0 radical (unpaired) electrons. The van der Waals surface area contributed by atoms with E-state index in [1.54, 1.807) is 36.3 Å². The molecule has 1 unspecified atom stereocenters. The van der Waals surface area contributed by atoms with Crippen LogP contribution in [-0.4, -0.2) is 59.7 Å². The Bertz CT molecular complexity index is 1040. The quantitative estimate of drug-likeness (QED) is 0.598. The molecule has 1 heterocycles. The summed E-state index contributed by atoms with van der Waals surface area (Å²) in [6, 6.07) is 9.42. The van der Waals surface area contributed by atoms with Gasteiger partial charge >= 0.3 is 6.09 Å². The molecule has 34 heavy (non-hydrogen) atoms. The Morgan fingerprint density at radius 3 is 2.44 bits per heavy atom. The predicted octanol–water partition coefficient (Wildman–Crippen LogP) is 4.85. The summed E-state index contributed by atoms with van der Waals surface area (Å²) in [5.41, 5.74) is 0.936. The van der Waals surface area contributed by atoms with Gasteiger partial charge in [0.05, 0.1) is 18.2 Å². The number of amides is 2. The van der Waals surface area contributed by atoms with E-state index in [4.69, 9.17) is 21.1 Å². The summed E-state index contributed by atoms with van der Waals surface area (Å²) < 4.78 is 25.2. The number of hydrogen-bond acceptors (Lipinski definition) is 4. The second kappa shape index (κ2) is 10.5. The zero-order valence-corrected chi connectivity index (χ0v) is 20.6. The van der Waals surface area contributed by atoms with E-state index in [-0.39, 0.29) is 42.1 Å². The lowest BCUT2D eigenvalue weighted by Crippen LogP contribution is -2.61. The molecule has 0 spiro atoms. The molecule has 7 nitrogen and oxygen atoms in total. The second-order valence-corrected chi connectivity index (χ2v) is 9.78. The zero-order chi connectivity index (χ0) is 25.0. The molecule has 1 aliphatic heterocycles. The van der Waals surface area contributed by atoms with E-state index in [0.29, 0.717) is 35.6 Å². The number of rotatable bonds is 7. The Morgan fingerprint density at radius 2 is 1.85 bits per heavy atom. The largest absolute Gasteiger partial charge is 0.497 e. The number of carboxylic acid groups (broad SMARTS) is 1. The van der Waals surface area contributed by atoms with Crippen LogP contribution in [0.3, 0.4) is 0 Å². The molecule has 184 valence electrons. The fourth-order valence-corrected chi connectivity index (χ4v) is 4.36. The molecular weight excluding hydrogens is 463 g/mol. The summed E-state index contributed by atoms with van der Waals surface area (Å²) in [6.45, 7) is 6.37. The second-order valence-electron chi connectivity index (χ2n) is 9.37. The van der Waals surface area contributed by atoms with Crippen LogP contribution in [-0.2, 0) is 17.8 Å². The maximum absolute atomic E-state index is 14.2. The minimum Gasteiger partial charge on any atom is -0.497 e. The number of halogens is 2. The first kappa shape index (κ1) is 25.6. The zero-order valence-electron chi connectivity index (χ0n) is 19.8. The van der Waals surface area contributed by atoms with Crippen LogP contribution in [0.25, 0.3) is 0 Å². The SMILES string of the molecule is COc1ccc(OCc2c(Cl)cc(F)cc2CCN2C(=O)CN(C(=O)O)CC2C(C)(C)C)cc1. The number of methoxy groups -OCH3 is 1. The molecule has 0 saturated carbocycles. The molecule has 1 atom stereocenters. The lowest BCUT2D eigenvalue weighted by atomic mass is 9.83. The molecule has 9 heteroatoms. The first-order valence-corrected chi connectivity index (χ1v) is 11.4. The molecule has 0 aromatic heterocycles. The summed E-state index contributed by atoms with van der Waals surface area (Å²) in [5.74, 6) is 0.573. The van der Waals surface area contributed by atoms with Gasteiger partial charge in [0.1, 0.15) is 30.5 Å². The highest BCUT2D eigenvalue weighted by Gasteiger charge is 2.40. The van der Waals surface area contributed by atoms with Gasteiger partial charge in [-0.1, -0.05) is 32.4 Å². The molecule has 2 amide bonds. The Kier molecular flexibility index (Phi) is 7.92. The smallest absolute Gasteiger partial charge is 0.407 e. The molecule has 1 fully saturated rings. The van der Waals surface area contributed by atoms with Crippen molar-refractivity contribution in [2.24, 2.45) is 5.41 Å². The van der Waals surface area contributed by atoms with Crippen molar-refractivity contribution in [1.82, 2.24) is 9.80 Å². The summed E-state index contributed by atoms with van der Waals surface area (Å²) in [4.78, 5) is 27.2. The molecule has 3 rings (SSSR count). The van der Waals surface area contributed by atoms with Gasteiger partial charge in [-0.3, -0.25) is 9.69 Å². The number of carbonyl (C=O) groups is 2. The monoisotopic (exact) mass is 492 g/mol. The fourth-order valence-electron chi connectivity index (χ4n) is 4.08. The van der Waals surface area contributed by atoms with Gasteiger partial charge in [-0.05, 0) is 53.8 Å². The minimum absolute atomic E-state index is 0.129. The van der Waals surface area contributed by atoms with Crippen molar-refractivity contribution in [3.63, 3.8) is 0 Å². The molecule has 0 aliphatic carbocycles. The van der Waals surface area contributed by atoms with Crippen molar-refractivity contribution in [3.8, 4) is 11.5 Å². The molecule has 0 bridgehead atoms. The maximum Gasteiger partial charge on any atom is 0.407 e. The van der Waals surface area contributed by atoms with Crippen LogP contribution in [0.5, 0.6) is 11.5 Å². The number of nitrogens with zero attached hydrogens (tertiary/aromatic N) is 2. The van der Waals surface area contributed by atoms with E-state index in [9.17, 15) is 19.1 Å². The van der Waals surface area contributed by atoms with Crippen molar-refractivity contribution < 1.29 is 28.6 Å². The van der Waals surface area contributed by atoms with Crippen molar-refractivity contribution in [2.75, 3.05) is 26.7 Å². The van der Waals surface area contributed by atoms with Gasteiger partial charge in [0.15, 0.2) is 0 Å². The summed E-state index contributed by atoms with van der Waals surface area (Å²) in [7, 11) is 1.58. The van der Waals surface area contributed by atoms with Crippen molar-refractivity contribution in [3.05, 3.63) is 58.4 Å². The number of ether oxygens (including phenoxy) is 2. The third kappa shape index (κ3) is 6.11. The van der Waals surface area contributed by atoms with Gasteiger partial charge in [-0.25, -0.2) is 9.18 Å². The molecule has 1 N–H and O–H groups in total. The molecule has 2 aromatic rings. The Hall–Kier alpha value is -3.00. The first-order chi connectivity index (χ1) is 16.0. The fraction of sp³-hybridized carbons (Fsp3) is 0.440. The van der Waals surface area contributed by atoms with Crippen molar-refractivity contribution in [1.29, 1.82) is 0 Å². The van der Waals surface area contributed by atoms with Gasteiger partial charge in [-0.15, -0.1) is 0 Å². The van der Waals surface area contributed by atoms with Gasteiger partial charge in [0.2, 0.25) is 5.91 Å². The molecule has 1 saturated heterocycles. The topological polar surface area (TPSA) is 79.3 Å². The van der Waals surface area contributed by atoms with Gasteiger partial charge < -0.3 is 19.5 Å².